The van der Waals surface area contributed by atoms with Gasteiger partial charge < -0.3 is 19.9 Å². The third-order valence-corrected chi connectivity index (χ3v) is 4.93. The van der Waals surface area contributed by atoms with Crippen LogP contribution >= 0.6 is 11.6 Å². The highest BCUT2D eigenvalue weighted by Gasteiger charge is 2.08. The molecule has 7 heteroatoms. The summed E-state index contributed by atoms with van der Waals surface area (Å²) in [5.41, 5.74) is 3.90. The minimum atomic E-state index is 0.270. The first-order valence-corrected chi connectivity index (χ1v) is 9.84. The van der Waals surface area contributed by atoms with Gasteiger partial charge in [-0.05, 0) is 60.2 Å². The van der Waals surface area contributed by atoms with Gasteiger partial charge in [0.1, 0.15) is 18.0 Å². The summed E-state index contributed by atoms with van der Waals surface area (Å²) in [6, 6.07) is 23.1. The van der Waals surface area contributed by atoms with Crippen molar-refractivity contribution in [3.8, 4) is 17.6 Å². The van der Waals surface area contributed by atoms with Gasteiger partial charge in [-0.25, -0.2) is 4.98 Å². The summed E-state index contributed by atoms with van der Waals surface area (Å²) >= 11 is 5.90. The van der Waals surface area contributed by atoms with Gasteiger partial charge in [0.2, 0.25) is 5.95 Å². The number of halogens is 1. The number of aryl methyl sites for hydroxylation is 1. The Morgan fingerprint density at radius 3 is 2.40 bits per heavy atom. The second-order valence-corrected chi connectivity index (χ2v) is 7.20. The monoisotopic (exact) mass is 417 g/mol. The molecule has 30 heavy (non-hydrogen) atoms. The van der Waals surface area contributed by atoms with Gasteiger partial charge in [-0.15, -0.1) is 0 Å². The van der Waals surface area contributed by atoms with Gasteiger partial charge in [0.05, 0.1) is 17.1 Å². The molecule has 0 aliphatic rings. The molecular weight excluding hydrogens is 398 g/mol. The molecule has 0 radical (unpaired) electrons. The molecule has 4 aromatic rings. The molecule has 0 saturated carbocycles. The number of anilines is 2. The topological polar surface area (TPSA) is 74.9 Å². The van der Waals surface area contributed by atoms with Crippen molar-refractivity contribution in [3.05, 3.63) is 77.3 Å². The molecule has 6 nitrogen and oxygen atoms in total. The molecule has 150 valence electrons. The smallest absolute Gasteiger partial charge is 0.203 e. The number of benzene rings is 3. The highest BCUT2D eigenvalue weighted by Crippen LogP contribution is 2.25. The maximum atomic E-state index is 8.73. The highest BCUT2D eigenvalue weighted by atomic mass is 35.5. The van der Waals surface area contributed by atoms with E-state index in [2.05, 4.69) is 21.7 Å². The minimum Gasteiger partial charge on any atom is -0.457 e. The average molecular weight is 418 g/mol. The molecule has 2 N–H and O–H groups in total. The summed E-state index contributed by atoms with van der Waals surface area (Å²) in [5, 5.41) is 15.9. The lowest BCUT2D eigenvalue weighted by atomic mass is 10.2. The lowest BCUT2D eigenvalue weighted by Gasteiger charge is -2.09. The van der Waals surface area contributed by atoms with Crippen LogP contribution in [0, 0.1) is 11.3 Å². The second kappa shape index (κ2) is 8.76. The number of aromatic nitrogens is 2. The number of ether oxygens (including phenoxy) is 1. The van der Waals surface area contributed by atoms with Gasteiger partial charge in [0.15, 0.2) is 0 Å². The Kier molecular flexibility index (Phi) is 5.73. The first-order chi connectivity index (χ1) is 14.6. The predicted octanol–water partition coefficient (Wildman–Crippen LogP) is 5.57. The van der Waals surface area contributed by atoms with Gasteiger partial charge in [0.25, 0.3) is 0 Å². The van der Waals surface area contributed by atoms with Crippen LogP contribution in [-0.2, 0) is 13.6 Å². The zero-order valence-corrected chi connectivity index (χ0v) is 17.1. The normalized spacial score (nSPS) is 10.6. The van der Waals surface area contributed by atoms with Crippen LogP contribution in [-0.4, -0.2) is 16.1 Å². The molecule has 0 aliphatic heterocycles. The number of rotatable bonds is 7. The van der Waals surface area contributed by atoms with Crippen molar-refractivity contribution in [2.75, 3.05) is 17.2 Å². The van der Waals surface area contributed by atoms with Crippen molar-refractivity contribution in [1.29, 1.82) is 5.26 Å². The number of hydrogen-bond donors (Lipinski definition) is 2. The summed E-state index contributed by atoms with van der Waals surface area (Å²) in [4.78, 5) is 4.65. The zero-order chi connectivity index (χ0) is 20.9. The molecule has 0 fully saturated rings. The van der Waals surface area contributed by atoms with Crippen LogP contribution in [0.15, 0.2) is 66.7 Å². The van der Waals surface area contributed by atoms with Crippen LogP contribution < -0.4 is 15.4 Å². The van der Waals surface area contributed by atoms with E-state index in [1.54, 1.807) is 12.1 Å². The number of fused-ring (bicyclic) bond motifs is 1. The number of nitriles is 1. The Hall–Kier alpha value is -3.69. The fourth-order valence-electron chi connectivity index (χ4n) is 3.09. The van der Waals surface area contributed by atoms with Crippen molar-refractivity contribution < 1.29 is 4.74 Å². The average Bonchev–Trinajstić information content (AvgIpc) is 3.08. The number of imidazole rings is 1. The second-order valence-electron chi connectivity index (χ2n) is 6.76. The van der Waals surface area contributed by atoms with E-state index in [9.17, 15) is 0 Å². The zero-order valence-electron chi connectivity index (χ0n) is 16.4. The summed E-state index contributed by atoms with van der Waals surface area (Å²) in [6.07, 6.45) is 0. The number of nitrogens with one attached hydrogen (secondary N) is 2. The number of nitrogens with zero attached hydrogens (tertiary/aromatic N) is 3. The van der Waals surface area contributed by atoms with Gasteiger partial charge in [-0.1, -0.05) is 23.7 Å². The molecule has 3 aromatic carbocycles. The molecule has 0 saturated heterocycles. The molecular formula is C23H20ClN5O. The van der Waals surface area contributed by atoms with Crippen LogP contribution in [0.4, 0.5) is 11.6 Å². The van der Waals surface area contributed by atoms with Crippen molar-refractivity contribution in [2.24, 2.45) is 7.05 Å². The lowest BCUT2D eigenvalue weighted by Crippen LogP contribution is -2.05. The Labute approximate surface area is 179 Å². The Morgan fingerprint density at radius 2 is 1.70 bits per heavy atom. The molecule has 0 amide bonds. The van der Waals surface area contributed by atoms with E-state index in [0.717, 1.165) is 39.7 Å². The van der Waals surface area contributed by atoms with Gasteiger partial charge in [-0.2, -0.15) is 5.26 Å². The van der Waals surface area contributed by atoms with Crippen molar-refractivity contribution in [2.45, 2.75) is 6.54 Å². The fraction of sp³-hybridized carbons (Fsp3) is 0.130. The van der Waals surface area contributed by atoms with Crippen LogP contribution in [0.2, 0.25) is 5.02 Å². The largest absolute Gasteiger partial charge is 0.457 e. The SMILES string of the molecule is Cn1c(NCc2ccc(Oc3ccc(Cl)cc3)cc2)nc2ccc(NCC#N)cc21. The molecule has 1 heterocycles. The Bertz CT molecular complexity index is 1190. The maximum Gasteiger partial charge on any atom is 0.203 e. The molecule has 0 atom stereocenters. The molecule has 0 unspecified atom stereocenters. The van der Waals surface area contributed by atoms with E-state index in [1.807, 2.05) is 66.2 Å². The summed E-state index contributed by atoms with van der Waals surface area (Å²) in [5.74, 6) is 2.29. The van der Waals surface area contributed by atoms with E-state index in [1.165, 1.54) is 0 Å². The third kappa shape index (κ3) is 4.48. The summed E-state index contributed by atoms with van der Waals surface area (Å²) in [6.45, 7) is 0.907. The van der Waals surface area contributed by atoms with Gasteiger partial charge in [-0.3, -0.25) is 0 Å². The predicted molar refractivity (Wildman–Crippen MR) is 120 cm³/mol. The minimum absolute atomic E-state index is 0.270. The Balaban J connectivity index is 1.41. The van der Waals surface area contributed by atoms with Crippen LogP contribution in [0.3, 0.4) is 0 Å². The molecule has 4 rings (SSSR count). The standard InChI is InChI=1S/C23H20ClN5O/c1-29-22-14-18(26-13-12-25)6-11-21(22)28-23(29)27-15-16-2-7-19(8-3-16)30-20-9-4-17(24)5-10-20/h2-11,14,26H,13,15H2,1H3,(H,27,28). The fourth-order valence-corrected chi connectivity index (χ4v) is 3.22. The molecule has 0 spiro atoms. The number of hydrogen-bond acceptors (Lipinski definition) is 5. The van der Waals surface area contributed by atoms with Crippen molar-refractivity contribution >= 4 is 34.3 Å². The van der Waals surface area contributed by atoms with E-state index >= 15 is 0 Å². The van der Waals surface area contributed by atoms with E-state index < -0.39 is 0 Å². The highest BCUT2D eigenvalue weighted by molar-refractivity contribution is 6.30. The van der Waals surface area contributed by atoms with Gasteiger partial charge in [0, 0.05) is 24.3 Å². The summed E-state index contributed by atoms with van der Waals surface area (Å²) in [7, 11) is 1.97. The van der Waals surface area contributed by atoms with E-state index in [4.69, 9.17) is 21.6 Å². The lowest BCUT2D eigenvalue weighted by molar-refractivity contribution is 0.482. The quantitative estimate of drug-likeness (QED) is 0.384. The Morgan fingerprint density at radius 1 is 1.00 bits per heavy atom. The van der Waals surface area contributed by atoms with Crippen molar-refractivity contribution in [3.63, 3.8) is 0 Å². The molecule has 1 aromatic heterocycles. The summed E-state index contributed by atoms with van der Waals surface area (Å²) < 4.78 is 7.83. The van der Waals surface area contributed by atoms with E-state index in [-0.39, 0.29) is 6.54 Å². The third-order valence-electron chi connectivity index (χ3n) is 4.68. The van der Waals surface area contributed by atoms with E-state index in [0.29, 0.717) is 11.6 Å². The van der Waals surface area contributed by atoms with Crippen LogP contribution in [0.5, 0.6) is 11.5 Å². The van der Waals surface area contributed by atoms with Crippen LogP contribution in [0.1, 0.15) is 5.56 Å². The first kappa shape index (κ1) is 19.6. The van der Waals surface area contributed by atoms with Gasteiger partial charge >= 0.3 is 0 Å². The molecule has 0 bridgehead atoms. The first-order valence-electron chi connectivity index (χ1n) is 9.46. The molecule has 0 aliphatic carbocycles. The maximum absolute atomic E-state index is 8.73. The van der Waals surface area contributed by atoms with Crippen molar-refractivity contribution in [1.82, 2.24) is 9.55 Å². The van der Waals surface area contributed by atoms with Crippen LogP contribution in [0.25, 0.3) is 11.0 Å².